The molecule has 1 amide bonds. The Labute approximate surface area is 116 Å². The highest BCUT2D eigenvalue weighted by Gasteiger charge is 2.15. The molecule has 1 N–H and O–H groups in total. The van der Waals surface area contributed by atoms with E-state index in [1.54, 1.807) is 6.08 Å². The maximum absolute atomic E-state index is 11.3. The van der Waals surface area contributed by atoms with Crippen LogP contribution in [-0.4, -0.2) is 24.0 Å². The van der Waals surface area contributed by atoms with Crippen LogP contribution in [0.25, 0.3) is 0 Å². The van der Waals surface area contributed by atoms with Crippen LogP contribution in [0, 0.1) is 5.92 Å². The van der Waals surface area contributed by atoms with Crippen LogP contribution in [0.1, 0.15) is 53.9 Å². The second-order valence-corrected chi connectivity index (χ2v) is 5.88. The molecule has 0 radical (unpaired) electrons. The van der Waals surface area contributed by atoms with Gasteiger partial charge in [-0.05, 0) is 46.1 Å². The fourth-order valence-corrected chi connectivity index (χ4v) is 1.28. The predicted molar refractivity (Wildman–Crippen MR) is 77.1 cm³/mol. The number of nitrogens with one attached hydrogen (secondary N) is 1. The van der Waals surface area contributed by atoms with Crippen molar-refractivity contribution in [3.8, 4) is 0 Å². The number of hydrogen-bond donors (Lipinski definition) is 1. The third-order valence-electron chi connectivity index (χ3n) is 2.32. The van der Waals surface area contributed by atoms with E-state index in [-0.39, 0.29) is 17.8 Å². The largest absolute Gasteiger partial charge is 0.444 e. The fourth-order valence-electron chi connectivity index (χ4n) is 1.28. The van der Waals surface area contributed by atoms with Gasteiger partial charge in [0.1, 0.15) is 5.60 Å². The molecule has 0 saturated heterocycles. The summed E-state index contributed by atoms with van der Waals surface area (Å²) < 4.78 is 5.11. The highest BCUT2D eigenvalue weighted by Crippen LogP contribution is 2.06. The van der Waals surface area contributed by atoms with Crippen LogP contribution in [0.2, 0.25) is 0 Å². The minimum absolute atomic E-state index is 0.0603. The number of hydrogen-bond acceptors (Lipinski definition) is 3. The van der Waals surface area contributed by atoms with Crippen LogP contribution in [-0.2, 0) is 9.53 Å². The lowest BCUT2D eigenvalue weighted by molar-refractivity contribution is -0.117. The number of carbonyl (C=O) groups excluding carboxylic acids is 2. The zero-order valence-electron chi connectivity index (χ0n) is 12.8. The summed E-state index contributed by atoms with van der Waals surface area (Å²) in [5, 5.41) is 2.70. The van der Waals surface area contributed by atoms with Gasteiger partial charge in [-0.25, -0.2) is 4.79 Å². The number of unbranched alkanes of at least 4 members (excludes halogenated alkanes) is 2. The molecule has 4 nitrogen and oxygen atoms in total. The average Bonchev–Trinajstić information content (AvgIpc) is 2.24. The van der Waals surface area contributed by atoms with E-state index in [2.05, 4.69) is 5.32 Å². The molecule has 0 unspecified atom stereocenters. The van der Waals surface area contributed by atoms with Gasteiger partial charge in [0.15, 0.2) is 5.78 Å². The van der Waals surface area contributed by atoms with E-state index in [9.17, 15) is 9.59 Å². The molecule has 0 spiro atoms. The second-order valence-electron chi connectivity index (χ2n) is 5.88. The van der Waals surface area contributed by atoms with Gasteiger partial charge >= 0.3 is 6.09 Å². The summed E-state index contributed by atoms with van der Waals surface area (Å²) in [5.74, 6) is 0.219. The maximum Gasteiger partial charge on any atom is 0.407 e. The van der Waals surface area contributed by atoms with E-state index in [1.807, 2.05) is 40.7 Å². The number of ether oxygens (including phenoxy) is 1. The van der Waals surface area contributed by atoms with Gasteiger partial charge in [-0.1, -0.05) is 19.9 Å². The summed E-state index contributed by atoms with van der Waals surface area (Å²) in [5.41, 5.74) is -0.454. The van der Waals surface area contributed by atoms with Crippen molar-refractivity contribution in [2.75, 3.05) is 6.54 Å². The lowest BCUT2D eigenvalue weighted by Crippen LogP contribution is -2.32. The van der Waals surface area contributed by atoms with Crippen molar-refractivity contribution in [2.45, 2.75) is 59.5 Å². The Bertz CT molecular complexity index is 314. The first-order valence-electron chi connectivity index (χ1n) is 6.89. The number of rotatable bonds is 7. The molecule has 0 aliphatic rings. The molecule has 0 aliphatic carbocycles. The van der Waals surface area contributed by atoms with Crippen molar-refractivity contribution in [3.05, 3.63) is 12.2 Å². The van der Waals surface area contributed by atoms with Gasteiger partial charge in [-0.15, -0.1) is 0 Å². The van der Waals surface area contributed by atoms with E-state index in [4.69, 9.17) is 4.74 Å². The van der Waals surface area contributed by atoms with E-state index >= 15 is 0 Å². The number of amides is 1. The molecule has 0 heterocycles. The number of allylic oxidation sites excluding steroid dienone is 2. The lowest BCUT2D eigenvalue weighted by Gasteiger charge is -2.19. The molecule has 0 saturated carbocycles. The minimum atomic E-state index is -0.454. The van der Waals surface area contributed by atoms with Gasteiger partial charge in [-0.3, -0.25) is 4.79 Å². The van der Waals surface area contributed by atoms with Crippen molar-refractivity contribution in [2.24, 2.45) is 5.92 Å². The Balaban J connectivity index is 3.56. The van der Waals surface area contributed by atoms with Gasteiger partial charge in [0.25, 0.3) is 0 Å². The third kappa shape index (κ3) is 11.5. The predicted octanol–water partition coefficient (Wildman–Crippen LogP) is 3.46. The van der Waals surface area contributed by atoms with E-state index in [0.29, 0.717) is 6.54 Å². The van der Waals surface area contributed by atoms with Crippen LogP contribution in [0.4, 0.5) is 4.79 Å². The SMILES string of the molecule is CC(C)C(=O)/C=C/CCCCNC(=O)OC(C)(C)C. The Morgan fingerprint density at radius 1 is 1.21 bits per heavy atom. The molecule has 4 heteroatoms. The zero-order valence-corrected chi connectivity index (χ0v) is 12.8. The molecule has 0 aromatic heterocycles. The minimum Gasteiger partial charge on any atom is -0.444 e. The van der Waals surface area contributed by atoms with Crippen molar-refractivity contribution < 1.29 is 14.3 Å². The van der Waals surface area contributed by atoms with Crippen LogP contribution in [0.15, 0.2) is 12.2 Å². The highest BCUT2D eigenvalue weighted by molar-refractivity contribution is 5.91. The monoisotopic (exact) mass is 269 g/mol. The molecule has 110 valence electrons. The number of carbonyl (C=O) groups is 2. The first-order chi connectivity index (χ1) is 8.72. The number of ketones is 1. The first kappa shape index (κ1) is 17.7. The molecule has 0 bridgehead atoms. The summed E-state index contributed by atoms with van der Waals surface area (Å²) in [6, 6.07) is 0. The van der Waals surface area contributed by atoms with Crippen molar-refractivity contribution >= 4 is 11.9 Å². The van der Waals surface area contributed by atoms with Crippen LogP contribution < -0.4 is 5.32 Å². The molecular weight excluding hydrogens is 242 g/mol. The van der Waals surface area contributed by atoms with Crippen LogP contribution >= 0.6 is 0 Å². The highest BCUT2D eigenvalue weighted by atomic mass is 16.6. The van der Waals surface area contributed by atoms with E-state index < -0.39 is 5.60 Å². The smallest absolute Gasteiger partial charge is 0.407 e. The lowest BCUT2D eigenvalue weighted by atomic mass is 10.1. The molecule has 0 fully saturated rings. The number of alkyl carbamates (subject to hydrolysis) is 1. The van der Waals surface area contributed by atoms with Gasteiger partial charge in [0, 0.05) is 12.5 Å². The van der Waals surface area contributed by atoms with Crippen molar-refractivity contribution in [1.82, 2.24) is 5.32 Å². The van der Waals surface area contributed by atoms with Crippen LogP contribution in [0.3, 0.4) is 0 Å². The Morgan fingerprint density at radius 3 is 2.37 bits per heavy atom. The maximum atomic E-state index is 11.3. The summed E-state index contributed by atoms with van der Waals surface area (Å²) in [6.07, 6.45) is 5.84. The molecular formula is C15H27NO3. The Morgan fingerprint density at radius 2 is 1.84 bits per heavy atom. The average molecular weight is 269 g/mol. The fraction of sp³-hybridized carbons (Fsp3) is 0.733. The second kappa shape index (κ2) is 8.73. The summed E-state index contributed by atoms with van der Waals surface area (Å²) in [4.78, 5) is 22.6. The molecule has 0 aromatic rings. The molecule has 0 aliphatic heterocycles. The van der Waals surface area contributed by atoms with E-state index in [0.717, 1.165) is 19.3 Å². The van der Waals surface area contributed by atoms with Gasteiger partial charge < -0.3 is 10.1 Å². The first-order valence-corrected chi connectivity index (χ1v) is 6.89. The normalized spacial score (nSPS) is 11.9. The Kier molecular flexibility index (Phi) is 8.12. The molecule has 0 aromatic carbocycles. The summed E-state index contributed by atoms with van der Waals surface area (Å²) in [7, 11) is 0. The standard InChI is InChI=1S/C15H27NO3/c1-12(2)13(17)10-8-6-7-9-11-16-14(18)19-15(3,4)5/h8,10,12H,6-7,9,11H2,1-5H3,(H,16,18)/b10-8+. The zero-order chi connectivity index (χ0) is 14.9. The van der Waals surface area contributed by atoms with Gasteiger partial charge in [-0.2, -0.15) is 0 Å². The summed E-state index contributed by atoms with van der Waals surface area (Å²) >= 11 is 0. The molecule has 0 atom stereocenters. The van der Waals surface area contributed by atoms with Gasteiger partial charge in [0.05, 0.1) is 0 Å². The topological polar surface area (TPSA) is 55.4 Å². The Hall–Kier alpha value is -1.32. The molecule has 0 rings (SSSR count). The third-order valence-corrected chi connectivity index (χ3v) is 2.32. The quantitative estimate of drug-likeness (QED) is 0.569. The van der Waals surface area contributed by atoms with Crippen LogP contribution in [0.5, 0.6) is 0 Å². The van der Waals surface area contributed by atoms with Crippen molar-refractivity contribution in [3.63, 3.8) is 0 Å². The molecule has 19 heavy (non-hydrogen) atoms. The van der Waals surface area contributed by atoms with Gasteiger partial charge in [0.2, 0.25) is 0 Å². The summed E-state index contributed by atoms with van der Waals surface area (Å²) in [6.45, 7) is 9.88. The van der Waals surface area contributed by atoms with E-state index in [1.165, 1.54) is 0 Å². The van der Waals surface area contributed by atoms with Crippen molar-refractivity contribution in [1.29, 1.82) is 0 Å².